The third-order valence-electron chi connectivity index (χ3n) is 2.48. The molecular weight excluding hydrogens is 381 g/mol. The SMILES string of the molecule is Cc1cc(OCCNC(=O)OC(C)(C)C)c(OS(=O)(=O)C(F)(F)F)cn1. The van der Waals surface area contributed by atoms with Crippen molar-refractivity contribution in [3.63, 3.8) is 0 Å². The number of alkyl halides is 3. The van der Waals surface area contributed by atoms with Crippen LogP contribution in [0.2, 0.25) is 0 Å². The van der Waals surface area contributed by atoms with Gasteiger partial charge in [0.2, 0.25) is 5.75 Å². The van der Waals surface area contributed by atoms with Crippen LogP contribution in [0.3, 0.4) is 0 Å². The van der Waals surface area contributed by atoms with Gasteiger partial charge in [0.1, 0.15) is 12.2 Å². The van der Waals surface area contributed by atoms with Crippen LogP contribution < -0.4 is 14.2 Å². The van der Waals surface area contributed by atoms with Gasteiger partial charge in [-0.2, -0.15) is 21.6 Å². The van der Waals surface area contributed by atoms with E-state index in [2.05, 4.69) is 14.5 Å². The molecule has 1 aromatic rings. The molecule has 12 heteroatoms. The zero-order chi connectivity index (χ0) is 20.2. The molecule has 0 fully saturated rings. The van der Waals surface area contributed by atoms with Crippen LogP contribution in [-0.2, 0) is 14.9 Å². The first-order valence-electron chi connectivity index (χ1n) is 7.28. The average Bonchev–Trinajstić information content (AvgIpc) is 2.43. The van der Waals surface area contributed by atoms with E-state index in [1.54, 1.807) is 20.8 Å². The number of pyridine rings is 1. The van der Waals surface area contributed by atoms with Crippen molar-refractivity contribution in [2.45, 2.75) is 38.8 Å². The van der Waals surface area contributed by atoms with E-state index in [0.717, 1.165) is 6.20 Å². The minimum atomic E-state index is -5.86. The summed E-state index contributed by atoms with van der Waals surface area (Å²) in [6.45, 7) is 6.33. The first-order valence-corrected chi connectivity index (χ1v) is 8.69. The van der Waals surface area contributed by atoms with Crippen molar-refractivity contribution >= 4 is 16.2 Å². The Morgan fingerprint density at radius 2 is 1.85 bits per heavy atom. The molecule has 1 rings (SSSR count). The predicted octanol–water partition coefficient (Wildman–Crippen LogP) is 2.52. The first-order chi connectivity index (χ1) is 11.7. The summed E-state index contributed by atoms with van der Waals surface area (Å²) in [7, 11) is -5.86. The zero-order valence-electron chi connectivity index (χ0n) is 14.5. The Balaban J connectivity index is 2.73. The van der Waals surface area contributed by atoms with E-state index in [1.165, 1.54) is 13.0 Å². The quantitative estimate of drug-likeness (QED) is 0.444. The fourth-order valence-corrected chi connectivity index (χ4v) is 1.95. The van der Waals surface area contributed by atoms with Gasteiger partial charge in [-0.05, 0) is 27.7 Å². The molecule has 0 aliphatic rings. The Morgan fingerprint density at radius 3 is 2.38 bits per heavy atom. The lowest BCUT2D eigenvalue weighted by molar-refractivity contribution is -0.0500. The lowest BCUT2D eigenvalue weighted by Crippen LogP contribution is -2.34. The average molecular weight is 400 g/mol. The molecule has 0 saturated heterocycles. The number of hydrogen-bond donors (Lipinski definition) is 1. The smallest absolute Gasteiger partial charge is 0.488 e. The molecule has 1 N–H and O–H groups in total. The molecule has 0 atom stereocenters. The predicted molar refractivity (Wildman–Crippen MR) is 84.3 cm³/mol. The van der Waals surface area contributed by atoms with E-state index in [9.17, 15) is 26.4 Å². The van der Waals surface area contributed by atoms with Crippen molar-refractivity contribution < 1.29 is 40.0 Å². The number of nitrogens with zero attached hydrogens (tertiary/aromatic N) is 1. The van der Waals surface area contributed by atoms with Crippen LogP contribution >= 0.6 is 0 Å². The minimum Gasteiger partial charge on any atom is -0.488 e. The van der Waals surface area contributed by atoms with Gasteiger partial charge in [-0.3, -0.25) is 4.98 Å². The molecule has 8 nitrogen and oxygen atoms in total. The van der Waals surface area contributed by atoms with E-state index in [4.69, 9.17) is 9.47 Å². The van der Waals surface area contributed by atoms with Gasteiger partial charge in [-0.15, -0.1) is 0 Å². The molecular formula is C14H19F3N2O6S. The van der Waals surface area contributed by atoms with E-state index < -0.39 is 33.1 Å². The molecule has 1 heterocycles. The van der Waals surface area contributed by atoms with Crippen LogP contribution in [0.5, 0.6) is 11.5 Å². The number of amides is 1. The molecule has 0 unspecified atom stereocenters. The summed E-state index contributed by atoms with van der Waals surface area (Å²) in [5, 5.41) is 2.38. The monoisotopic (exact) mass is 400 g/mol. The fourth-order valence-electron chi connectivity index (χ4n) is 1.49. The molecule has 0 bridgehead atoms. The summed E-state index contributed by atoms with van der Waals surface area (Å²) in [6, 6.07) is 1.20. The molecule has 0 aliphatic heterocycles. The number of alkyl carbamates (subject to hydrolysis) is 1. The molecule has 0 saturated carbocycles. The van der Waals surface area contributed by atoms with Gasteiger partial charge in [-0.1, -0.05) is 0 Å². The molecule has 0 aliphatic carbocycles. The summed E-state index contributed by atoms with van der Waals surface area (Å²) in [4.78, 5) is 15.1. The van der Waals surface area contributed by atoms with Crippen LogP contribution in [0.25, 0.3) is 0 Å². The van der Waals surface area contributed by atoms with Crippen molar-refractivity contribution in [1.82, 2.24) is 10.3 Å². The van der Waals surface area contributed by atoms with Crippen LogP contribution in [0, 0.1) is 6.92 Å². The largest absolute Gasteiger partial charge is 0.534 e. The van der Waals surface area contributed by atoms with Crippen LogP contribution in [0.1, 0.15) is 26.5 Å². The summed E-state index contributed by atoms with van der Waals surface area (Å²) < 4.78 is 73.7. The highest BCUT2D eigenvalue weighted by atomic mass is 32.2. The van der Waals surface area contributed by atoms with Crippen LogP contribution in [0.4, 0.5) is 18.0 Å². The topological polar surface area (TPSA) is 104 Å². The number of hydrogen-bond acceptors (Lipinski definition) is 7. The highest BCUT2D eigenvalue weighted by Gasteiger charge is 2.49. The third-order valence-corrected chi connectivity index (χ3v) is 3.45. The highest BCUT2D eigenvalue weighted by molar-refractivity contribution is 7.88. The molecule has 148 valence electrons. The van der Waals surface area contributed by atoms with Gasteiger partial charge < -0.3 is 19.0 Å². The molecule has 0 aromatic carbocycles. The number of aryl methyl sites for hydroxylation is 1. The van der Waals surface area contributed by atoms with Crippen molar-refractivity contribution in [3.8, 4) is 11.5 Å². The van der Waals surface area contributed by atoms with E-state index in [0.29, 0.717) is 5.69 Å². The minimum absolute atomic E-state index is 0.0399. The Morgan fingerprint density at radius 1 is 1.23 bits per heavy atom. The van der Waals surface area contributed by atoms with Gasteiger partial charge in [0, 0.05) is 11.8 Å². The van der Waals surface area contributed by atoms with Crippen molar-refractivity contribution in [2.24, 2.45) is 0 Å². The number of rotatable bonds is 6. The number of halogens is 3. The summed E-state index contributed by atoms with van der Waals surface area (Å²) in [5.41, 5.74) is -5.93. The van der Waals surface area contributed by atoms with E-state index in [1.807, 2.05) is 0 Å². The normalized spacial score (nSPS) is 12.4. The molecule has 0 spiro atoms. The Hall–Kier alpha value is -2.24. The second kappa shape index (κ2) is 7.98. The highest BCUT2D eigenvalue weighted by Crippen LogP contribution is 2.32. The Labute approximate surface area is 148 Å². The second-order valence-electron chi connectivity index (χ2n) is 6.03. The van der Waals surface area contributed by atoms with Crippen molar-refractivity contribution in [1.29, 1.82) is 0 Å². The molecule has 26 heavy (non-hydrogen) atoms. The first kappa shape index (κ1) is 21.8. The van der Waals surface area contributed by atoms with Gasteiger partial charge in [0.05, 0.1) is 12.7 Å². The third kappa shape index (κ3) is 6.94. The summed E-state index contributed by atoms with van der Waals surface area (Å²) >= 11 is 0. The maximum Gasteiger partial charge on any atom is 0.534 e. The maximum atomic E-state index is 12.4. The number of aromatic nitrogens is 1. The van der Waals surface area contributed by atoms with Gasteiger partial charge >= 0.3 is 21.7 Å². The molecule has 1 amide bonds. The molecule has 0 radical (unpaired) electrons. The van der Waals surface area contributed by atoms with E-state index >= 15 is 0 Å². The Kier molecular flexibility index (Phi) is 6.69. The number of carbonyl (C=O) groups excluding carboxylic acids is 1. The van der Waals surface area contributed by atoms with Crippen LogP contribution in [-0.4, -0.2) is 43.8 Å². The second-order valence-corrected chi connectivity index (χ2v) is 7.57. The zero-order valence-corrected chi connectivity index (χ0v) is 15.3. The number of ether oxygens (including phenoxy) is 2. The lowest BCUT2D eigenvalue weighted by Gasteiger charge is -2.19. The Bertz CT molecular complexity index is 744. The van der Waals surface area contributed by atoms with Gasteiger partial charge in [0.15, 0.2) is 5.75 Å². The van der Waals surface area contributed by atoms with Gasteiger partial charge in [0.25, 0.3) is 0 Å². The number of carbonyl (C=O) groups is 1. The lowest BCUT2D eigenvalue weighted by atomic mass is 10.2. The standard InChI is InChI=1S/C14H19F3N2O6S/c1-9-7-10(23-6-5-18-12(20)24-13(2,3)4)11(8-19-9)25-26(21,22)14(15,16)17/h7-8H,5-6H2,1-4H3,(H,18,20). The van der Waals surface area contributed by atoms with Gasteiger partial charge in [-0.25, -0.2) is 4.79 Å². The number of nitrogens with one attached hydrogen (secondary N) is 1. The summed E-state index contributed by atoms with van der Waals surface area (Å²) in [5.74, 6) is -0.985. The molecule has 1 aromatic heterocycles. The summed E-state index contributed by atoms with van der Waals surface area (Å²) in [6.07, 6.45) is 0.0954. The van der Waals surface area contributed by atoms with Crippen molar-refractivity contribution in [2.75, 3.05) is 13.2 Å². The van der Waals surface area contributed by atoms with Crippen LogP contribution in [0.15, 0.2) is 12.3 Å². The van der Waals surface area contributed by atoms with Crippen molar-refractivity contribution in [3.05, 3.63) is 18.0 Å². The fraction of sp³-hybridized carbons (Fsp3) is 0.571. The van der Waals surface area contributed by atoms with E-state index in [-0.39, 0.29) is 18.9 Å². The maximum absolute atomic E-state index is 12.4.